The Bertz CT molecular complexity index is 627. The Labute approximate surface area is 137 Å². The molecule has 7 nitrogen and oxygen atoms in total. The fourth-order valence-electron chi connectivity index (χ4n) is 2.31. The van der Waals surface area contributed by atoms with Crippen molar-refractivity contribution in [3.8, 4) is 0 Å². The maximum atomic E-state index is 12.1. The molecule has 1 saturated heterocycles. The number of hydrogen-bond donors (Lipinski definition) is 2. The fourth-order valence-corrected chi connectivity index (χ4v) is 3.64. The van der Waals surface area contributed by atoms with Crippen molar-refractivity contribution in [1.82, 2.24) is 14.9 Å². The van der Waals surface area contributed by atoms with E-state index >= 15 is 0 Å². The molecule has 1 aliphatic rings. The molecule has 0 saturated carbocycles. The van der Waals surface area contributed by atoms with Crippen molar-refractivity contribution >= 4 is 16.1 Å². The van der Waals surface area contributed by atoms with Crippen molar-refractivity contribution < 1.29 is 17.9 Å². The van der Waals surface area contributed by atoms with Crippen molar-refractivity contribution in [2.45, 2.75) is 13.5 Å². The number of ether oxygens (including phenoxy) is 1. The summed E-state index contributed by atoms with van der Waals surface area (Å²) < 4.78 is 30.7. The number of rotatable bonds is 6. The van der Waals surface area contributed by atoms with Gasteiger partial charge in [-0.05, 0) is 12.5 Å². The predicted molar refractivity (Wildman–Crippen MR) is 87.6 cm³/mol. The summed E-state index contributed by atoms with van der Waals surface area (Å²) >= 11 is 0. The van der Waals surface area contributed by atoms with E-state index in [-0.39, 0.29) is 18.3 Å². The van der Waals surface area contributed by atoms with Crippen LogP contribution in [0.15, 0.2) is 24.3 Å². The first kappa shape index (κ1) is 17.7. The molecule has 128 valence electrons. The molecule has 1 heterocycles. The second-order valence-corrected chi connectivity index (χ2v) is 7.51. The number of urea groups is 1. The minimum Gasteiger partial charge on any atom is -0.379 e. The number of carbonyl (C=O) groups excluding carboxylic acids is 1. The molecular formula is C15H23N3O4S. The zero-order chi connectivity index (χ0) is 16.7. The molecule has 2 rings (SSSR count). The van der Waals surface area contributed by atoms with Gasteiger partial charge in [-0.1, -0.05) is 29.8 Å². The normalized spacial score (nSPS) is 16.0. The number of amides is 2. The van der Waals surface area contributed by atoms with Crippen LogP contribution in [0.3, 0.4) is 0 Å². The lowest BCUT2D eigenvalue weighted by Crippen LogP contribution is -2.44. The summed E-state index contributed by atoms with van der Waals surface area (Å²) in [7, 11) is -3.34. The van der Waals surface area contributed by atoms with Crippen molar-refractivity contribution in [3.05, 3.63) is 35.4 Å². The number of sulfonamides is 1. The van der Waals surface area contributed by atoms with E-state index in [1.165, 1.54) is 4.31 Å². The first-order valence-electron chi connectivity index (χ1n) is 7.60. The Morgan fingerprint density at radius 2 is 2.00 bits per heavy atom. The van der Waals surface area contributed by atoms with E-state index in [2.05, 4.69) is 10.6 Å². The number of hydrogen-bond acceptors (Lipinski definition) is 4. The van der Waals surface area contributed by atoms with Crippen LogP contribution in [0, 0.1) is 6.92 Å². The minimum absolute atomic E-state index is 0.0827. The lowest BCUT2D eigenvalue weighted by molar-refractivity contribution is 0.0730. The molecule has 0 unspecified atom stereocenters. The summed E-state index contributed by atoms with van der Waals surface area (Å²) in [5.74, 6) is -0.106. The Morgan fingerprint density at radius 3 is 2.70 bits per heavy atom. The number of carbonyl (C=O) groups is 1. The second kappa shape index (κ2) is 8.28. The van der Waals surface area contributed by atoms with Crippen molar-refractivity contribution in [2.75, 3.05) is 38.6 Å². The van der Waals surface area contributed by atoms with Gasteiger partial charge in [-0.25, -0.2) is 13.2 Å². The maximum absolute atomic E-state index is 12.1. The van der Waals surface area contributed by atoms with Crippen LogP contribution in [0.5, 0.6) is 0 Å². The van der Waals surface area contributed by atoms with E-state index in [1.54, 1.807) is 0 Å². The van der Waals surface area contributed by atoms with Crippen LogP contribution in [0.2, 0.25) is 0 Å². The van der Waals surface area contributed by atoms with Gasteiger partial charge in [0.25, 0.3) is 0 Å². The molecule has 0 aliphatic carbocycles. The Balaban J connectivity index is 1.70. The molecule has 1 aromatic carbocycles. The van der Waals surface area contributed by atoms with Gasteiger partial charge in [-0.2, -0.15) is 4.31 Å². The zero-order valence-electron chi connectivity index (χ0n) is 13.2. The summed E-state index contributed by atoms with van der Waals surface area (Å²) in [4.78, 5) is 11.7. The van der Waals surface area contributed by atoms with Crippen LogP contribution in [-0.4, -0.2) is 57.4 Å². The Morgan fingerprint density at radius 1 is 1.26 bits per heavy atom. The number of nitrogens with one attached hydrogen (secondary N) is 2. The summed E-state index contributed by atoms with van der Waals surface area (Å²) in [6.45, 7) is 4.07. The average molecular weight is 341 g/mol. The highest BCUT2D eigenvalue weighted by Gasteiger charge is 2.23. The van der Waals surface area contributed by atoms with Crippen LogP contribution < -0.4 is 10.6 Å². The van der Waals surface area contributed by atoms with Gasteiger partial charge in [-0.3, -0.25) is 0 Å². The van der Waals surface area contributed by atoms with Gasteiger partial charge in [-0.15, -0.1) is 0 Å². The molecule has 0 bridgehead atoms. The molecule has 0 aromatic heterocycles. The molecule has 1 aliphatic heterocycles. The minimum atomic E-state index is -3.34. The molecule has 2 N–H and O–H groups in total. The summed E-state index contributed by atoms with van der Waals surface area (Å²) in [6.07, 6.45) is 0. The first-order valence-corrected chi connectivity index (χ1v) is 9.21. The molecule has 23 heavy (non-hydrogen) atoms. The van der Waals surface area contributed by atoms with Gasteiger partial charge < -0.3 is 15.4 Å². The zero-order valence-corrected chi connectivity index (χ0v) is 14.1. The van der Waals surface area contributed by atoms with Crippen molar-refractivity contribution in [1.29, 1.82) is 0 Å². The van der Waals surface area contributed by atoms with Crippen LogP contribution in [0.25, 0.3) is 0 Å². The first-order chi connectivity index (χ1) is 11.0. The van der Waals surface area contributed by atoms with Crippen molar-refractivity contribution in [2.24, 2.45) is 0 Å². The Hall–Kier alpha value is -1.64. The standard InChI is InChI=1S/C15H23N3O4S/c1-13-3-2-4-14(11-13)12-17-15(19)16-5-10-23(20,21)18-6-8-22-9-7-18/h2-4,11H,5-10,12H2,1H3,(H2,16,17,19). The quantitative estimate of drug-likeness (QED) is 0.787. The third-order valence-electron chi connectivity index (χ3n) is 3.54. The maximum Gasteiger partial charge on any atom is 0.315 e. The molecule has 0 radical (unpaired) electrons. The highest BCUT2D eigenvalue weighted by molar-refractivity contribution is 7.89. The molecular weight excluding hydrogens is 318 g/mol. The molecule has 8 heteroatoms. The number of morpholine rings is 1. The van der Waals surface area contributed by atoms with Gasteiger partial charge in [0.05, 0.1) is 19.0 Å². The monoisotopic (exact) mass is 341 g/mol. The third kappa shape index (κ3) is 5.81. The predicted octanol–water partition coefficient (Wildman–Crippen LogP) is 0.456. The largest absolute Gasteiger partial charge is 0.379 e. The molecule has 1 aromatic rings. The highest BCUT2D eigenvalue weighted by atomic mass is 32.2. The van der Waals surface area contributed by atoms with E-state index in [9.17, 15) is 13.2 Å². The molecule has 0 atom stereocenters. The summed E-state index contributed by atoms with van der Waals surface area (Å²) in [6, 6.07) is 7.46. The lowest BCUT2D eigenvalue weighted by Gasteiger charge is -2.26. The third-order valence-corrected chi connectivity index (χ3v) is 5.42. The molecule has 0 spiro atoms. The highest BCUT2D eigenvalue weighted by Crippen LogP contribution is 2.05. The van der Waals surface area contributed by atoms with Crippen LogP contribution in [0.4, 0.5) is 4.79 Å². The van der Waals surface area contributed by atoms with E-state index in [1.807, 2.05) is 31.2 Å². The molecule has 1 fully saturated rings. The van der Waals surface area contributed by atoms with Crippen LogP contribution in [0.1, 0.15) is 11.1 Å². The van der Waals surface area contributed by atoms with E-state index in [0.717, 1.165) is 11.1 Å². The molecule has 2 amide bonds. The topological polar surface area (TPSA) is 87.7 Å². The van der Waals surface area contributed by atoms with Gasteiger partial charge in [0.15, 0.2) is 0 Å². The summed E-state index contributed by atoms with van der Waals surface area (Å²) in [5.41, 5.74) is 2.13. The van der Waals surface area contributed by atoms with Gasteiger partial charge in [0.2, 0.25) is 10.0 Å². The van der Waals surface area contributed by atoms with Crippen molar-refractivity contribution in [3.63, 3.8) is 0 Å². The number of benzene rings is 1. The average Bonchev–Trinajstić information content (AvgIpc) is 2.54. The number of nitrogens with zero attached hydrogens (tertiary/aromatic N) is 1. The van der Waals surface area contributed by atoms with Gasteiger partial charge in [0.1, 0.15) is 0 Å². The van der Waals surface area contributed by atoms with Gasteiger partial charge >= 0.3 is 6.03 Å². The van der Waals surface area contributed by atoms with Gasteiger partial charge in [0, 0.05) is 26.2 Å². The second-order valence-electron chi connectivity index (χ2n) is 5.43. The van der Waals surface area contributed by atoms with E-state index in [0.29, 0.717) is 32.8 Å². The summed E-state index contributed by atoms with van der Waals surface area (Å²) in [5, 5.41) is 5.29. The smallest absolute Gasteiger partial charge is 0.315 e. The van der Waals surface area contributed by atoms with E-state index < -0.39 is 10.0 Å². The van der Waals surface area contributed by atoms with E-state index in [4.69, 9.17) is 4.74 Å². The lowest BCUT2D eigenvalue weighted by atomic mass is 10.1. The fraction of sp³-hybridized carbons (Fsp3) is 0.533. The van der Waals surface area contributed by atoms with Crippen LogP contribution in [-0.2, 0) is 21.3 Å². The number of aryl methyl sites for hydroxylation is 1. The SMILES string of the molecule is Cc1cccc(CNC(=O)NCCS(=O)(=O)N2CCOCC2)c1. The van der Waals surface area contributed by atoms with Crippen LogP contribution >= 0.6 is 0 Å². The Kier molecular flexibility index (Phi) is 6.37.